The first-order valence-electron chi connectivity index (χ1n) is 7.24. The Morgan fingerprint density at radius 3 is 2.61 bits per heavy atom. The van der Waals surface area contributed by atoms with Crippen molar-refractivity contribution in [3.8, 4) is 11.5 Å². The van der Waals surface area contributed by atoms with Gasteiger partial charge in [-0.3, -0.25) is 4.79 Å². The third-order valence-corrected chi connectivity index (χ3v) is 4.11. The molecule has 3 aromatic rings. The zero-order chi connectivity index (χ0) is 16.1. The van der Waals surface area contributed by atoms with Gasteiger partial charge < -0.3 is 10.1 Å². The summed E-state index contributed by atoms with van der Waals surface area (Å²) in [6.45, 7) is 2.41. The van der Waals surface area contributed by atoms with Crippen LogP contribution in [-0.4, -0.2) is 10.9 Å². The summed E-state index contributed by atoms with van der Waals surface area (Å²) in [5.74, 6) is 1.07. The molecule has 0 aliphatic carbocycles. The van der Waals surface area contributed by atoms with Gasteiger partial charge in [0.15, 0.2) is 0 Å². The number of aryl methyl sites for hydroxylation is 1. The molecule has 0 saturated carbocycles. The lowest BCUT2D eigenvalue weighted by Gasteiger charge is -2.11. The van der Waals surface area contributed by atoms with Crippen LogP contribution < -0.4 is 10.1 Å². The van der Waals surface area contributed by atoms with Crippen molar-refractivity contribution >= 4 is 17.2 Å². The maximum Gasteiger partial charge on any atom is 0.255 e. The average molecular weight is 324 g/mol. The van der Waals surface area contributed by atoms with E-state index in [1.54, 1.807) is 29.7 Å². The maximum absolute atomic E-state index is 12.4. The van der Waals surface area contributed by atoms with Crippen LogP contribution >= 0.6 is 11.3 Å². The van der Waals surface area contributed by atoms with Crippen molar-refractivity contribution in [3.63, 3.8) is 0 Å². The van der Waals surface area contributed by atoms with E-state index in [9.17, 15) is 4.79 Å². The number of carbonyl (C=O) groups is 1. The molecule has 116 valence electrons. The summed E-state index contributed by atoms with van der Waals surface area (Å²) in [6, 6.07) is 16.6. The number of nitrogens with one attached hydrogen (secondary N) is 1. The van der Waals surface area contributed by atoms with E-state index in [-0.39, 0.29) is 5.91 Å². The quantitative estimate of drug-likeness (QED) is 0.766. The van der Waals surface area contributed by atoms with Gasteiger partial charge in [0.1, 0.15) is 11.5 Å². The van der Waals surface area contributed by atoms with Gasteiger partial charge in [-0.15, -0.1) is 11.3 Å². The van der Waals surface area contributed by atoms with Crippen LogP contribution in [0, 0.1) is 6.92 Å². The van der Waals surface area contributed by atoms with Gasteiger partial charge in [-0.1, -0.05) is 30.3 Å². The van der Waals surface area contributed by atoms with Crippen LogP contribution in [0.15, 0.2) is 60.8 Å². The van der Waals surface area contributed by atoms with Crippen molar-refractivity contribution in [1.82, 2.24) is 10.3 Å². The summed E-state index contributed by atoms with van der Waals surface area (Å²) < 4.78 is 5.82. The Bertz CT molecular complexity index is 800. The Labute approximate surface area is 138 Å². The van der Waals surface area contributed by atoms with Crippen LogP contribution in [0.25, 0.3) is 0 Å². The predicted molar refractivity (Wildman–Crippen MR) is 91.0 cm³/mol. The van der Waals surface area contributed by atoms with Crippen LogP contribution in [-0.2, 0) is 6.54 Å². The van der Waals surface area contributed by atoms with E-state index in [4.69, 9.17) is 4.74 Å². The van der Waals surface area contributed by atoms with Crippen molar-refractivity contribution in [1.29, 1.82) is 0 Å². The Balaban J connectivity index is 1.72. The first kappa shape index (κ1) is 15.2. The molecule has 0 spiro atoms. The van der Waals surface area contributed by atoms with Gasteiger partial charge in [-0.25, -0.2) is 4.98 Å². The van der Waals surface area contributed by atoms with Gasteiger partial charge in [-0.2, -0.15) is 0 Å². The molecular weight excluding hydrogens is 308 g/mol. The number of amides is 1. The number of benzene rings is 2. The minimum absolute atomic E-state index is 0.164. The molecule has 0 aliphatic heterocycles. The molecule has 0 saturated heterocycles. The van der Waals surface area contributed by atoms with Crippen molar-refractivity contribution in [2.24, 2.45) is 0 Å². The molecule has 0 atom stereocenters. The van der Waals surface area contributed by atoms with Gasteiger partial charge >= 0.3 is 0 Å². The van der Waals surface area contributed by atoms with Crippen LogP contribution in [0.5, 0.6) is 11.5 Å². The van der Waals surface area contributed by atoms with E-state index in [0.717, 1.165) is 9.88 Å². The Kier molecular flexibility index (Phi) is 4.68. The summed E-state index contributed by atoms with van der Waals surface area (Å²) in [4.78, 5) is 17.6. The Morgan fingerprint density at radius 1 is 1.13 bits per heavy atom. The summed E-state index contributed by atoms with van der Waals surface area (Å²) in [7, 11) is 0. The van der Waals surface area contributed by atoms with Crippen LogP contribution in [0.3, 0.4) is 0 Å². The zero-order valence-electron chi connectivity index (χ0n) is 12.7. The highest BCUT2D eigenvalue weighted by molar-refractivity contribution is 7.11. The van der Waals surface area contributed by atoms with Crippen molar-refractivity contribution in [2.75, 3.05) is 0 Å². The molecule has 0 radical (unpaired) electrons. The number of ether oxygens (including phenoxy) is 1. The molecule has 0 fully saturated rings. The number of hydrogen-bond donors (Lipinski definition) is 1. The standard InChI is InChI=1S/C18H16N2O2S/c1-13-19-11-15(23-13)12-20-18(21)16-9-5-6-10-17(16)22-14-7-3-2-4-8-14/h2-11H,12H2,1H3,(H,20,21). The van der Waals surface area contributed by atoms with Crippen LogP contribution in [0.1, 0.15) is 20.2 Å². The van der Waals surface area contributed by atoms with Gasteiger partial charge in [0, 0.05) is 11.1 Å². The number of hydrogen-bond acceptors (Lipinski definition) is 4. The first-order valence-corrected chi connectivity index (χ1v) is 8.05. The number of nitrogens with zero attached hydrogens (tertiary/aromatic N) is 1. The van der Waals surface area contributed by atoms with E-state index >= 15 is 0 Å². The highest BCUT2D eigenvalue weighted by Crippen LogP contribution is 2.25. The lowest BCUT2D eigenvalue weighted by molar-refractivity contribution is 0.0949. The molecule has 1 N–H and O–H groups in total. The minimum atomic E-state index is -0.164. The van der Waals surface area contributed by atoms with Crippen LogP contribution in [0.2, 0.25) is 0 Å². The fraction of sp³-hybridized carbons (Fsp3) is 0.111. The second kappa shape index (κ2) is 7.07. The molecule has 0 bridgehead atoms. The first-order chi connectivity index (χ1) is 11.2. The molecule has 0 aliphatic rings. The number of thiazole rings is 1. The molecule has 23 heavy (non-hydrogen) atoms. The number of carbonyl (C=O) groups excluding carboxylic acids is 1. The second-order valence-corrected chi connectivity index (χ2v) is 6.26. The highest BCUT2D eigenvalue weighted by atomic mass is 32.1. The molecule has 2 aromatic carbocycles. The van der Waals surface area contributed by atoms with Crippen LogP contribution in [0.4, 0.5) is 0 Å². The fourth-order valence-corrected chi connectivity index (χ4v) is 2.84. The van der Waals surface area contributed by atoms with Crippen molar-refractivity contribution < 1.29 is 9.53 Å². The van der Waals surface area contributed by atoms with Gasteiger partial charge in [0.2, 0.25) is 0 Å². The second-order valence-electron chi connectivity index (χ2n) is 4.94. The SMILES string of the molecule is Cc1ncc(CNC(=O)c2ccccc2Oc2ccccc2)s1. The average Bonchev–Trinajstić information content (AvgIpc) is 3.00. The summed E-state index contributed by atoms with van der Waals surface area (Å²) in [6.07, 6.45) is 1.78. The lowest BCUT2D eigenvalue weighted by Crippen LogP contribution is -2.22. The summed E-state index contributed by atoms with van der Waals surface area (Å²) in [5.41, 5.74) is 0.512. The molecule has 1 aromatic heterocycles. The maximum atomic E-state index is 12.4. The zero-order valence-corrected chi connectivity index (χ0v) is 13.5. The van der Waals surface area contributed by atoms with E-state index in [2.05, 4.69) is 10.3 Å². The summed E-state index contributed by atoms with van der Waals surface area (Å²) >= 11 is 1.57. The molecule has 5 heteroatoms. The largest absolute Gasteiger partial charge is 0.457 e. The summed E-state index contributed by atoms with van der Waals surface area (Å²) in [5, 5.41) is 3.89. The number of para-hydroxylation sites is 2. The third kappa shape index (κ3) is 3.96. The molecule has 1 heterocycles. The minimum Gasteiger partial charge on any atom is -0.457 e. The monoisotopic (exact) mass is 324 g/mol. The highest BCUT2D eigenvalue weighted by Gasteiger charge is 2.13. The van der Waals surface area contributed by atoms with E-state index in [1.165, 1.54) is 0 Å². The normalized spacial score (nSPS) is 10.3. The predicted octanol–water partition coefficient (Wildman–Crippen LogP) is 4.17. The van der Waals surface area contributed by atoms with Crippen molar-refractivity contribution in [2.45, 2.75) is 13.5 Å². The van der Waals surface area contributed by atoms with E-state index in [1.807, 2.05) is 49.4 Å². The van der Waals surface area contributed by atoms with Gasteiger partial charge in [0.05, 0.1) is 17.1 Å². The molecule has 1 amide bonds. The smallest absolute Gasteiger partial charge is 0.255 e. The van der Waals surface area contributed by atoms with Gasteiger partial charge in [0.25, 0.3) is 5.91 Å². The van der Waals surface area contributed by atoms with Crippen molar-refractivity contribution in [3.05, 3.63) is 76.2 Å². The van der Waals surface area contributed by atoms with E-state index < -0.39 is 0 Å². The third-order valence-electron chi connectivity index (χ3n) is 3.20. The van der Waals surface area contributed by atoms with Gasteiger partial charge in [-0.05, 0) is 31.2 Å². The van der Waals surface area contributed by atoms with E-state index in [0.29, 0.717) is 23.6 Å². The molecule has 3 rings (SSSR count). The number of rotatable bonds is 5. The lowest BCUT2D eigenvalue weighted by atomic mass is 10.2. The molecule has 4 nitrogen and oxygen atoms in total. The Hall–Kier alpha value is -2.66. The molecule has 0 unspecified atom stereocenters. The fourth-order valence-electron chi connectivity index (χ4n) is 2.11. The number of aromatic nitrogens is 1. The topological polar surface area (TPSA) is 51.2 Å². The molecular formula is C18H16N2O2S. The Morgan fingerprint density at radius 2 is 1.87 bits per heavy atom.